The third-order valence-corrected chi connectivity index (χ3v) is 3.98. The molecule has 0 heterocycles. The lowest BCUT2D eigenvalue weighted by atomic mass is 10.1. The monoisotopic (exact) mass is 469 g/mol. The molecule has 26 heavy (non-hydrogen) atoms. The van der Waals surface area contributed by atoms with E-state index in [0.717, 1.165) is 34.9 Å². The van der Waals surface area contributed by atoms with E-state index >= 15 is 0 Å². The van der Waals surface area contributed by atoms with E-state index in [1.165, 1.54) is 0 Å². The zero-order valence-corrected chi connectivity index (χ0v) is 17.9. The van der Waals surface area contributed by atoms with Crippen molar-refractivity contribution >= 4 is 29.9 Å². The highest BCUT2D eigenvalue weighted by Crippen LogP contribution is 2.19. The molecule has 0 aliphatic rings. The third kappa shape index (κ3) is 6.17. The largest absolute Gasteiger partial charge is 0.496 e. The molecule has 0 saturated carbocycles. The van der Waals surface area contributed by atoms with Crippen LogP contribution in [0.1, 0.15) is 23.6 Å². The van der Waals surface area contributed by atoms with Gasteiger partial charge >= 0.3 is 0 Å². The summed E-state index contributed by atoms with van der Waals surface area (Å²) in [4.78, 5) is 6.80. The van der Waals surface area contributed by atoms with E-state index in [-0.39, 0.29) is 30.6 Å². The molecule has 0 spiro atoms. The molecule has 0 unspecified atom stereocenters. The maximum Gasteiger partial charge on any atom is 0.194 e. The van der Waals surface area contributed by atoms with Crippen molar-refractivity contribution in [2.45, 2.75) is 26.6 Å². The summed E-state index contributed by atoms with van der Waals surface area (Å²) in [7, 11) is 3.69. The number of nitrogens with zero attached hydrogens (tertiary/aromatic N) is 2. The summed E-state index contributed by atoms with van der Waals surface area (Å²) in [5.74, 6) is 1.69. The molecule has 0 saturated heterocycles. The van der Waals surface area contributed by atoms with E-state index in [1.54, 1.807) is 7.11 Å². The number of rotatable bonds is 7. The van der Waals surface area contributed by atoms with E-state index in [4.69, 9.17) is 9.73 Å². The molecule has 6 heteroatoms. The van der Waals surface area contributed by atoms with Crippen LogP contribution in [0, 0.1) is 0 Å². The fourth-order valence-electron chi connectivity index (χ4n) is 2.66. The van der Waals surface area contributed by atoms with Crippen LogP contribution in [0.3, 0.4) is 0 Å². The lowest BCUT2D eigenvalue weighted by molar-refractivity contribution is 0.280. The van der Waals surface area contributed by atoms with Crippen molar-refractivity contribution in [2.24, 2.45) is 4.99 Å². The molecule has 0 aromatic heterocycles. The van der Waals surface area contributed by atoms with E-state index < -0.39 is 0 Å². The van der Waals surface area contributed by atoms with Crippen LogP contribution in [0.2, 0.25) is 0 Å². The van der Waals surface area contributed by atoms with Gasteiger partial charge < -0.3 is 20.1 Å². The number of methoxy groups -OCH3 is 1. The van der Waals surface area contributed by atoms with Gasteiger partial charge in [0, 0.05) is 25.7 Å². The van der Waals surface area contributed by atoms with E-state index in [0.29, 0.717) is 13.1 Å². The Labute approximate surface area is 173 Å². The van der Waals surface area contributed by atoms with Gasteiger partial charge in [-0.25, -0.2) is 4.99 Å². The Hall–Kier alpha value is -1.80. The standard InChI is InChI=1S/C20H27N3O2.HI/c1-4-21-20(22-13-16-9-5-6-11-18(16)15-24)23(2)14-17-10-7-8-12-19(17)25-3;/h5-12,24H,4,13-15H2,1-3H3,(H,21,22);1H. The number of ether oxygens (including phenoxy) is 1. The average Bonchev–Trinajstić information content (AvgIpc) is 2.65. The SMILES string of the molecule is CCNC(=NCc1ccccc1CO)N(C)Cc1ccccc1OC.I. The van der Waals surface area contributed by atoms with Crippen LogP contribution in [-0.4, -0.2) is 36.7 Å². The van der Waals surface area contributed by atoms with Gasteiger partial charge in [-0.15, -0.1) is 24.0 Å². The van der Waals surface area contributed by atoms with Gasteiger partial charge in [-0.2, -0.15) is 0 Å². The maximum absolute atomic E-state index is 9.46. The molecule has 0 aliphatic heterocycles. The number of benzene rings is 2. The Morgan fingerprint density at radius 2 is 1.69 bits per heavy atom. The van der Waals surface area contributed by atoms with E-state index in [1.807, 2.05) is 56.4 Å². The lowest BCUT2D eigenvalue weighted by Gasteiger charge is -2.23. The van der Waals surface area contributed by atoms with Crippen molar-refractivity contribution in [2.75, 3.05) is 20.7 Å². The molecule has 142 valence electrons. The molecular formula is C20H28IN3O2. The number of nitrogens with one attached hydrogen (secondary N) is 1. The predicted molar refractivity (Wildman–Crippen MR) is 117 cm³/mol. The van der Waals surface area contributed by atoms with Gasteiger partial charge in [-0.1, -0.05) is 42.5 Å². The molecule has 0 radical (unpaired) electrons. The smallest absolute Gasteiger partial charge is 0.194 e. The van der Waals surface area contributed by atoms with Gasteiger partial charge in [-0.3, -0.25) is 0 Å². The van der Waals surface area contributed by atoms with Crippen LogP contribution in [0.15, 0.2) is 53.5 Å². The average molecular weight is 469 g/mol. The van der Waals surface area contributed by atoms with Gasteiger partial charge in [0.15, 0.2) is 5.96 Å². The summed E-state index contributed by atoms with van der Waals surface area (Å²) in [6.07, 6.45) is 0. The summed E-state index contributed by atoms with van der Waals surface area (Å²) in [6, 6.07) is 15.8. The third-order valence-electron chi connectivity index (χ3n) is 3.98. The first-order valence-electron chi connectivity index (χ1n) is 8.48. The fourth-order valence-corrected chi connectivity index (χ4v) is 2.66. The number of hydrogen-bond donors (Lipinski definition) is 2. The van der Waals surface area contributed by atoms with Gasteiger partial charge in [0.25, 0.3) is 0 Å². The zero-order chi connectivity index (χ0) is 18.1. The Kier molecular flexibility index (Phi) is 10.0. The van der Waals surface area contributed by atoms with Crippen LogP contribution < -0.4 is 10.1 Å². The fraction of sp³-hybridized carbons (Fsp3) is 0.350. The Morgan fingerprint density at radius 1 is 1.08 bits per heavy atom. The number of hydrogen-bond acceptors (Lipinski definition) is 3. The van der Waals surface area contributed by atoms with Crippen LogP contribution in [0.4, 0.5) is 0 Å². The molecule has 5 nitrogen and oxygen atoms in total. The van der Waals surface area contributed by atoms with Crippen LogP contribution in [0.25, 0.3) is 0 Å². The minimum absolute atomic E-state index is 0. The van der Waals surface area contributed by atoms with E-state index in [9.17, 15) is 5.11 Å². The number of aliphatic imine (C=N–C) groups is 1. The molecular weight excluding hydrogens is 441 g/mol. The first-order chi connectivity index (χ1) is 12.2. The summed E-state index contributed by atoms with van der Waals surface area (Å²) in [5, 5.41) is 12.8. The molecule has 2 aromatic rings. The van der Waals surface area contributed by atoms with Crippen molar-refractivity contribution in [3.63, 3.8) is 0 Å². The second kappa shape index (κ2) is 11.7. The van der Waals surface area contributed by atoms with Crippen molar-refractivity contribution in [3.05, 3.63) is 65.2 Å². The lowest BCUT2D eigenvalue weighted by Crippen LogP contribution is -2.38. The van der Waals surface area contributed by atoms with E-state index in [2.05, 4.69) is 16.3 Å². The minimum Gasteiger partial charge on any atom is -0.496 e. The summed E-state index contributed by atoms with van der Waals surface area (Å²) in [6.45, 7) is 4.08. The molecule has 0 aliphatic carbocycles. The second-order valence-corrected chi connectivity index (χ2v) is 5.76. The molecule has 0 amide bonds. The zero-order valence-electron chi connectivity index (χ0n) is 15.6. The predicted octanol–water partition coefficient (Wildman–Crippen LogP) is 3.40. The highest BCUT2D eigenvalue weighted by Gasteiger charge is 2.10. The number of aliphatic hydroxyl groups excluding tert-OH is 1. The first kappa shape index (κ1) is 22.2. The van der Waals surface area contributed by atoms with Gasteiger partial charge in [0.1, 0.15) is 5.75 Å². The Balaban J connectivity index is 0.00000338. The van der Waals surface area contributed by atoms with Crippen LogP contribution in [-0.2, 0) is 19.7 Å². The van der Waals surface area contributed by atoms with Gasteiger partial charge in [0.2, 0.25) is 0 Å². The topological polar surface area (TPSA) is 57.1 Å². The van der Waals surface area contributed by atoms with Crippen LogP contribution >= 0.6 is 24.0 Å². The van der Waals surface area contributed by atoms with Crippen molar-refractivity contribution in [3.8, 4) is 5.75 Å². The summed E-state index contributed by atoms with van der Waals surface area (Å²) in [5.41, 5.74) is 3.05. The normalized spacial score (nSPS) is 10.8. The summed E-state index contributed by atoms with van der Waals surface area (Å²) < 4.78 is 5.43. The highest BCUT2D eigenvalue weighted by molar-refractivity contribution is 14.0. The Bertz CT molecular complexity index is 707. The molecule has 0 bridgehead atoms. The quantitative estimate of drug-likeness (QED) is 0.371. The van der Waals surface area contributed by atoms with Crippen molar-refractivity contribution in [1.82, 2.24) is 10.2 Å². The number of halogens is 1. The maximum atomic E-state index is 9.46. The molecule has 2 aromatic carbocycles. The molecule has 2 N–H and O–H groups in total. The summed E-state index contributed by atoms with van der Waals surface area (Å²) >= 11 is 0. The van der Waals surface area contributed by atoms with Crippen molar-refractivity contribution < 1.29 is 9.84 Å². The second-order valence-electron chi connectivity index (χ2n) is 5.76. The first-order valence-corrected chi connectivity index (χ1v) is 8.48. The highest BCUT2D eigenvalue weighted by atomic mass is 127. The Morgan fingerprint density at radius 3 is 2.31 bits per heavy atom. The molecule has 2 rings (SSSR count). The molecule has 0 atom stereocenters. The van der Waals surface area contributed by atoms with Crippen molar-refractivity contribution in [1.29, 1.82) is 0 Å². The van der Waals surface area contributed by atoms with Crippen LogP contribution in [0.5, 0.6) is 5.75 Å². The number of para-hydroxylation sites is 1. The van der Waals surface area contributed by atoms with Gasteiger partial charge in [-0.05, 0) is 24.1 Å². The number of aliphatic hydroxyl groups is 1. The number of guanidine groups is 1. The van der Waals surface area contributed by atoms with Gasteiger partial charge in [0.05, 0.1) is 20.3 Å². The minimum atomic E-state index is 0. The molecule has 0 fully saturated rings.